The average molecular weight is 278 g/mol. The monoisotopic (exact) mass is 277 g/mol. The van der Waals surface area contributed by atoms with Crippen molar-refractivity contribution in [3.63, 3.8) is 0 Å². The minimum atomic E-state index is -4.74. The molecule has 0 aliphatic heterocycles. The van der Waals surface area contributed by atoms with Crippen molar-refractivity contribution in [3.8, 4) is 0 Å². The van der Waals surface area contributed by atoms with E-state index in [0.29, 0.717) is 0 Å². The molecule has 0 fully saturated rings. The number of aromatic nitrogens is 1. The van der Waals surface area contributed by atoms with Gasteiger partial charge in [0.2, 0.25) is 0 Å². The number of aromatic carboxylic acids is 1. The van der Waals surface area contributed by atoms with Crippen LogP contribution >= 0.6 is 11.6 Å². The van der Waals surface area contributed by atoms with Crippen molar-refractivity contribution in [2.75, 3.05) is 0 Å². The molecule has 2 aromatic rings. The Morgan fingerprint density at radius 1 is 1.39 bits per heavy atom. The molecule has 0 radical (unpaired) electrons. The molecule has 3 nitrogen and oxygen atoms in total. The Bertz CT molecular complexity index is 646. The number of nitrogens with zero attached hydrogens (tertiary/aromatic N) is 1. The highest BCUT2D eigenvalue weighted by atomic mass is 35.5. The van der Waals surface area contributed by atoms with Crippen LogP contribution in [0.2, 0.25) is 5.02 Å². The normalized spacial score (nSPS) is 12.1. The van der Waals surface area contributed by atoms with E-state index >= 15 is 0 Å². The van der Waals surface area contributed by atoms with Gasteiger partial charge in [-0.15, -0.1) is 0 Å². The molecule has 0 atom stereocenters. The molecule has 0 amide bonds. The Balaban J connectivity index is 2.97. The number of carboxylic acids is 1. The summed E-state index contributed by atoms with van der Waals surface area (Å²) in [5.74, 6) is -1.63. The number of carboxylic acid groups (broad SMARTS) is 1. The van der Waals surface area contributed by atoms with Gasteiger partial charge in [0, 0.05) is 23.0 Å². The molecule has 7 heteroatoms. The van der Waals surface area contributed by atoms with Crippen LogP contribution in [0.5, 0.6) is 0 Å². The third-order valence-corrected chi connectivity index (χ3v) is 2.88. The molecule has 0 unspecified atom stereocenters. The Hall–Kier alpha value is -1.69. The Morgan fingerprint density at radius 2 is 2.00 bits per heavy atom. The zero-order chi connectivity index (χ0) is 13.7. The quantitative estimate of drug-likeness (QED) is 0.866. The molecule has 0 saturated carbocycles. The predicted octanol–water partition coefficient (Wildman–Crippen LogP) is 3.55. The second kappa shape index (κ2) is 3.91. The molecule has 1 heterocycles. The highest BCUT2D eigenvalue weighted by molar-refractivity contribution is 6.31. The summed E-state index contributed by atoms with van der Waals surface area (Å²) in [5, 5.41) is 9.14. The molecule has 1 aromatic carbocycles. The largest absolute Gasteiger partial charge is 0.478 e. The van der Waals surface area contributed by atoms with Gasteiger partial charge < -0.3 is 9.67 Å². The van der Waals surface area contributed by atoms with Crippen LogP contribution in [0.4, 0.5) is 13.2 Å². The summed E-state index contributed by atoms with van der Waals surface area (Å²) < 4.78 is 39.5. The smallest absolute Gasteiger partial charge is 0.432 e. The number of hydrogen-bond acceptors (Lipinski definition) is 1. The number of fused-ring (bicyclic) bond motifs is 1. The van der Waals surface area contributed by atoms with Gasteiger partial charge in [-0.25, -0.2) is 4.79 Å². The zero-order valence-corrected chi connectivity index (χ0v) is 9.80. The van der Waals surface area contributed by atoms with Gasteiger partial charge >= 0.3 is 12.1 Å². The van der Waals surface area contributed by atoms with Crippen LogP contribution in [0, 0.1) is 0 Å². The van der Waals surface area contributed by atoms with E-state index in [1.807, 2.05) is 0 Å². The molecule has 1 aromatic heterocycles. The maximum absolute atomic E-state index is 12.9. The van der Waals surface area contributed by atoms with Gasteiger partial charge in [0.1, 0.15) is 5.69 Å². The highest BCUT2D eigenvalue weighted by Crippen LogP contribution is 2.38. The van der Waals surface area contributed by atoms with Gasteiger partial charge in [-0.2, -0.15) is 13.2 Å². The summed E-state index contributed by atoms with van der Waals surface area (Å²) in [6, 6.07) is 3.99. The minimum absolute atomic E-state index is 0.0233. The molecule has 0 spiro atoms. The first kappa shape index (κ1) is 12.8. The Labute approximate surface area is 104 Å². The van der Waals surface area contributed by atoms with Gasteiger partial charge in [-0.1, -0.05) is 11.6 Å². The molecule has 96 valence electrons. The molecular formula is C11H7ClF3NO2. The lowest BCUT2D eigenvalue weighted by Gasteiger charge is -2.09. The maximum atomic E-state index is 12.9. The lowest BCUT2D eigenvalue weighted by molar-refractivity contribution is -0.143. The fraction of sp³-hybridized carbons (Fsp3) is 0.182. The van der Waals surface area contributed by atoms with E-state index in [4.69, 9.17) is 16.7 Å². The fourth-order valence-electron chi connectivity index (χ4n) is 1.97. The van der Waals surface area contributed by atoms with E-state index in [9.17, 15) is 18.0 Å². The predicted molar refractivity (Wildman–Crippen MR) is 59.9 cm³/mol. The summed E-state index contributed by atoms with van der Waals surface area (Å²) >= 11 is 5.69. The van der Waals surface area contributed by atoms with Crippen molar-refractivity contribution in [2.45, 2.75) is 6.18 Å². The van der Waals surface area contributed by atoms with Crippen LogP contribution in [0.3, 0.4) is 0 Å². The third-order valence-electron chi connectivity index (χ3n) is 2.64. The second-order valence-corrected chi connectivity index (χ2v) is 4.18. The van der Waals surface area contributed by atoms with Gasteiger partial charge in [0.05, 0.1) is 5.56 Å². The number of hydrogen-bond donors (Lipinski definition) is 1. The van der Waals surface area contributed by atoms with Crippen LogP contribution in [-0.4, -0.2) is 15.6 Å². The van der Waals surface area contributed by atoms with E-state index in [1.165, 1.54) is 25.2 Å². The first-order valence-electron chi connectivity index (χ1n) is 4.82. The lowest BCUT2D eigenvalue weighted by Crippen LogP contribution is -2.15. The Morgan fingerprint density at radius 3 is 2.50 bits per heavy atom. The molecule has 2 rings (SSSR count). The van der Waals surface area contributed by atoms with Crippen molar-refractivity contribution < 1.29 is 23.1 Å². The van der Waals surface area contributed by atoms with Crippen LogP contribution < -0.4 is 0 Å². The molecule has 0 aliphatic rings. The van der Waals surface area contributed by atoms with Gasteiger partial charge in [-0.3, -0.25) is 0 Å². The zero-order valence-electron chi connectivity index (χ0n) is 9.05. The first-order valence-corrected chi connectivity index (χ1v) is 5.19. The van der Waals surface area contributed by atoms with E-state index < -0.39 is 23.4 Å². The van der Waals surface area contributed by atoms with E-state index in [-0.39, 0.29) is 15.9 Å². The summed E-state index contributed by atoms with van der Waals surface area (Å²) in [6.07, 6.45) is -4.74. The van der Waals surface area contributed by atoms with Gasteiger partial charge in [0.25, 0.3) is 0 Å². The first-order chi connectivity index (χ1) is 8.23. The van der Waals surface area contributed by atoms with E-state index in [1.54, 1.807) is 0 Å². The van der Waals surface area contributed by atoms with Crippen LogP contribution in [-0.2, 0) is 13.2 Å². The standard InChI is InChI=1S/C11H7ClF3NO2/c1-16-7-3-2-5(12)4-6(7)8(10(17)18)9(16)11(13,14)15/h2-4H,1H3,(H,17,18). The number of alkyl halides is 3. The SMILES string of the molecule is Cn1c(C(F)(F)F)c(C(=O)O)c2cc(Cl)ccc21. The molecule has 0 aliphatic carbocycles. The number of aryl methyl sites for hydroxylation is 1. The van der Waals surface area contributed by atoms with E-state index in [0.717, 1.165) is 4.57 Å². The summed E-state index contributed by atoms with van der Waals surface area (Å²) in [5.41, 5.74) is -1.79. The van der Waals surface area contributed by atoms with Crippen molar-refractivity contribution in [3.05, 3.63) is 34.5 Å². The van der Waals surface area contributed by atoms with Crippen molar-refractivity contribution in [2.24, 2.45) is 7.05 Å². The average Bonchev–Trinajstić information content (AvgIpc) is 2.50. The van der Waals surface area contributed by atoms with Gasteiger partial charge in [-0.05, 0) is 18.2 Å². The maximum Gasteiger partial charge on any atom is 0.432 e. The summed E-state index contributed by atoms with van der Waals surface area (Å²) in [7, 11) is 1.17. The molecule has 18 heavy (non-hydrogen) atoms. The second-order valence-electron chi connectivity index (χ2n) is 3.75. The minimum Gasteiger partial charge on any atom is -0.478 e. The summed E-state index contributed by atoms with van der Waals surface area (Å²) in [4.78, 5) is 11.1. The third kappa shape index (κ3) is 1.82. The Kier molecular flexibility index (Phi) is 2.77. The lowest BCUT2D eigenvalue weighted by atomic mass is 10.1. The number of benzene rings is 1. The number of rotatable bonds is 1. The highest BCUT2D eigenvalue weighted by Gasteiger charge is 2.40. The molecule has 0 saturated heterocycles. The molecular weight excluding hydrogens is 271 g/mol. The molecule has 0 bridgehead atoms. The fourth-order valence-corrected chi connectivity index (χ4v) is 2.14. The molecule has 1 N–H and O–H groups in total. The van der Waals surface area contributed by atoms with Crippen LogP contribution in [0.15, 0.2) is 18.2 Å². The van der Waals surface area contributed by atoms with Crippen molar-refractivity contribution >= 4 is 28.5 Å². The summed E-state index contributed by atoms with van der Waals surface area (Å²) in [6.45, 7) is 0. The van der Waals surface area contributed by atoms with Crippen molar-refractivity contribution in [1.29, 1.82) is 0 Å². The number of carbonyl (C=O) groups is 1. The van der Waals surface area contributed by atoms with Crippen molar-refractivity contribution in [1.82, 2.24) is 4.57 Å². The van der Waals surface area contributed by atoms with Crippen LogP contribution in [0.1, 0.15) is 16.1 Å². The number of halogens is 4. The van der Waals surface area contributed by atoms with Gasteiger partial charge in [0.15, 0.2) is 0 Å². The topological polar surface area (TPSA) is 42.2 Å². The van der Waals surface area contributed by atoms with Crippen LogP contribution in [0.25, 0.3) is 10.9 Å². The van der Waals surface area contributed by atoms with E-state index in [2.05, 4.69) is 0 Å².